The Morgan fingerprint density at radius 3 is 2.78 bits per heavy atom. The van der Waals surface area contributed by atoms with Gasteiger partial charge in [0.25, 0.3) is 0 Å². The van der Waals surface area contributed by atoms with Gasteiger partial charge in [-0.3, -0.25) is 0 Å². The van der Waals surface area contributed by atoms with Crippen molar-refractivity contribution in [2.24, 2.45) is 11.1 Å². The third-order valence-corrected chi connectivity index (χ3v) is 4.11. The zero-order valence-corrected chi connectivity index (χ0v) is 11.9. The summed E-state index contributed by atoms with van der Waals surface area (Å²) in [5.74, 6) is 0.912. The average molecular weight is 263 g/mol. The van der Waals surface area contributed by atoms with Gasteiger partial charge in [-0.1, -0.05) is 38.9 Å². The minimum atomic E-state index is 0.335. The Labute approximate surface area is 114 Å². The Bertz CT molecular complexity index is 425. The predicted molar refractivity (Wildman–Crippen MR) is 79.8 cm³/mol. The quantitative estimate of drug-likeness (QED) is 0.823. The van der Waals surface area contributed by atoms with Gasteiger partial charge in [0.1, 0.15) is 10.8 Å². The molecule has 2 rings (SSSR count). The highest BCUT2D eigenvalue weighted by molar-refractivity contribution is 7.80. The van der Waals surface area contributed by atoms with Crippen LogP contribution in [-0.4, -0.2) is 16.0 Å². The molecular weight excluding hydrogens is 242 g/mol. The van der Waals surface area contributed by atoms with Crippen molar-refractivity contribution in [1.29, 1.82) is 0 Å². The highest BCUT2D eigenvalue weighted by atomic mass is 32.1. The molecule has 0 spiro atoms. The predicted octanol–water partition coefficient (Wildman–Crippen LogP) is 3.10. The molecule has 1 aliphatic rings. The van der Waals surface area contributed by atoms with Crippen LogP contribution in [0.2, 0.25) is 0 Å². The van der Waals surface area contributed by atoms with Gasteiger partial charge in [0, 0.05) is 17.8 Å². The SMILES string of the molecule is CC1(C)CCCCC1Nc1ccc(C(N)=S)cn1. The van der Waals surface area contributed by atoms with Crippen molar-refractivity contribution in [2.45, 2.75) is 45.6 Å². The number of aromatic nitrogens is 1. The zero-order chi connectivity index (χ0) is 13.2. The second kappa shape index (κ2) is 5.22. The Balaban J connectivity index is 2.06. The Morgan fingerprint density at radius 2 is 2.22 bits per heavy atom. The van der Waals surface area contributed by atoms with Crippen molar-refractivity contribution in [3.05, 3.63) is 23.9 Å². The van der Waals surface area contributed by atoms with Crippen molar-refractivity contribution < 1.29 is 0 Å². The number of thiocarbonyl (C=S) groups is 1. The molecule has 1 saturated carbocycles. The van der Waals surface area contributed by atoms with E-state index < -0.39 is 0 Å². The number of anilines is 1. The lowest BCUT2D eigenvalue weighted by Crippen LogP contribution is -2.39. The highest BCUT2D eigenvalue weighted by Gasteiger charge is 2.32. The topological polar surface area (TPSA) is 50.9 Å². The summed E-state index contributed by atoms with van der Waals surface area (Å²) >= 11 is 4.92. The van der Waals surface area contributed by atoms with Crippen molar-refractivity contribution in [3.8, 4) is 0 Å². The summed E-state index contributed by atoms with van der Waals surface area (Å²) in [6, 6.07) is 4.38. The van der Waals surface area contributed by atoms with Crippen molar-refractivity contribution in [2.75, 3.05) is 5.32 Å². The summed E-state index contributed by atoms with van der Waals surface area (Å²) in [6.45, 7) is 4.65. The fourth-order valence-corrected chi connectivity index (χ4v) is 2.69. The molecule has 0 radical (unpaired) electrons. The van der Waals surface area contributed by atoms with Gasteiger partial charge in [-0.25, -0.2) is 4.98 Å². The molecule has 3 N–H and O–H groups in total. The lowest BCUT2D eigenvalue weighted by Gasteiger charge is -2.39. The first-order valence-electron chi connectivity index (χ1n) is 6.51. The van der Waals surface area contributed by atoms with Gasteiger partial charge < -0.3 is 11.1 Å². The highest BCUT2D eigenvalue weighted by Crippen LogP contribution is 2.36. The maximum atomic E-state index is 5.56. The fourth-order valence-electron chi connectivity index (χ4n) is 2.57. The largest absolute Gasteiger partial charge is 0.389 e. The van der Waals surface area contributed by atoms with E-state index in [4.69, 9.17) is 18.0 Å². The molecule has 0 saturated heterocycles. The van der Waals surface area contributed by atoms with Gasteiger partial charge in [-0.05, 0) is 30.4 Å². The fraction of sp³-hybridized carbons (Fsp3) is 0.571. The van der Waals surface area contributed by atoms with Crippen LogP contribution in [0.25, 0.3) is 0 Å². The third kappa shape index (κ3) is 2.99. The van der Waals surface area contributed by atoms with E-state index in [9.17, 15) is 0 Å². The van der Waals surface area contributed by atoms with E-state index in [-0.39, 0.29) is 0 Å². The number of pyridine rings is 1. The molecule has 18 heavy (non-hydrogen) atoms. The van der Waals surface area contributed by atoms with Gasteiger partial charge in [0.15, 0.2) is 0 Å². The molecule has 1 atom stereocenters. The molecule has 1 aromatic rings. The Morgan fingerprint density at radius 1 is 1.44 bits per heavy atom. The monoisotopic (exact) mass is 263 g/mol. The van der Waals surface area contributed by atoms with Crippen molar-refractivity contribution >= 4 is 23.0 Å². The van der Waals surface area contributed by atoms with E-state index in [2.05, 4.69) is 24.1 Å². The van der Waals surface area contributed by atoms with Gasteiger partial charge in [-0.2, -0.15) is 0 Å². The van der Waals surface area contributed by atoms with Gasteiger partial charge in [0.2, 0.25) is 0 Å². The first-order chi connectivity index (χ1) is 8.49. The second-order valence-electron chi connectivity index (χ2n) is 5.73. The molecule has 3 nitrogen and oxygen atoms in total. The first-order valence-corrected chi connectivity index (χ1v) is 6.92. The summed E-state index contributed by atoms with van der Waals surface area (Å²) < 4.78 is 0. The number of hydrogen-bond acceptors (Lipinski definition) is 3. The summed E-state index contributed by atoms with van der Waals surface area (Å²) in [4.78, 5) is 4.78. The maximum absolute atomic E-state index is 5.56. The standard InChI is InChI=1S/C14H21N3S/c1-14(2)8-4-3-5-11(14)17-12-7-6-10(9-16-12)13(15)18/h6-7,9,11H,3-5,8H2,1-2H3,(H2,15,18)(H,16,17). The second-order valence-corrected chi connectivity index (χ2v) is 6.17. The van der Waals surface area contributed by atoms with E-state index in [0.29, 0.717) is 16.4 Å². The number of nitrogens with two attached hydrogens (primary N) is 1. The van der Waals surface area contributed by atoms with Crippen molar-refractivity contribution in [3.63, 3.8) is 0 Å². The molecule has 1 fully saturated rings. The number of rotatable bonds is 3. The molecule has 0 aromatic carbocycles. The van der Waals surface area contributed by atoms with Crippen LogP contribution in [0.5, 0.6) is 0 Å². The smallest absolute Gasteiger partial charge is 0.126 e. The number of nitrogens with one attached hydrogen (secondary N) is 1. The Kier molecular flexibility index (Phi) is 3.85. The van der Waals surface area contributed by atoms with E-state index in [1.807, 2.05) is 12.1 Å². The molecular formula is C14H21N3S. The summed E-state index contributed by atoms with van der Waals surface area (Å²) in [6.07, 6.45) is 6.85. The normalized spacial score (nSPS) is 22.4. The minimum Gasteiger partial charge on any atom is -0.389 e. The minimum absolute atomic E-state index is 0.335. The van der Waals surface area contributed by atoms with E-state index in [1.165, 1.54) is 25.7 Å². The summed E-state index contributed by atoms with van der Waals surface area (Å²) in [5.41, 5.74) is 6.72. The molecule has 1 aromatic heterocycles. The molecule has 0 bridgehead atoms. The van der Waals surface area contributed by atoms with Crippen molar-refractivity contribution in [1.82, 2.24) is 4.98 Å². The zero-order valence-electron chi connectivity index (χ0n) is 11.1. The van der Waals surface area contributed by atoms with Gasteiger partial charge >= 0.3 is 0 Å². The number of nitrogens with zero attached hydrogens (tertiary/aromatic N) is 1. The molecule has 0 amide bonds. The van der Waals surface area contributed by atoms with Crippen LogP contribution in [0, 0.1) is 5.41 Å². The van der Waals surface area contributed by atoms with E-state index >= 15 is 0 Å². The van der Waals surface area contributed by atoms with Crippen LogP contribution in [0.15, 0.2) is 18.3 Å². The lowest BCUT2D eigenvalue weighted by atomic mass is 9.73. The van der Waals surface area contributed by atoms with Crippen LogP contribution in [-0.2, 0) is 0 Å². The summed E-state index contributed by atoms with van der Waals surface area (Å²) in [5, 5.41) is 3.54. The maximum Gasteiger partial charge on any atom is 0.126 e. The van der Waals surface area contributed by atoms with E-state index in [1.54, 1.807) is 6.20 Å². The third-order valence-electron chi connectivity index (χ3n) is 3.88. The molecule has 1 aliphatic carbocycles. The molecule has 0 aliphatic heterocycles. The van der Waals surface area contributed by atoms with Crippen LogP contribution in [0.4, 0.5) is 5.82 Å². The van der Waals surface area contributed by atoms with Gasteiger partial charge in [-0.15, -0.1) is 0 Å². The average Bonchev–Trinajstić information content (AvgIpc) is 2.32. The van der Waals surface area contributed by atoms with Gasteiger partial charge in [0.05, 0.1) is 0 Å². The first kappa shape index (κ1) is 13.3. The molecule has 1 heterocycles. The van der Waals surface area contributed by atoms with Crippen LogP contribution in [0.3, 0.4) is 0 Å². The molecule has 1 unspecified atom stereocenters. The number of hydrogen-bond donors (Lipinski definition) is 2. The molecule has 98 valence electrons. The van der Waals surface area contributed by atoms with E-state index in [0.717, 1.165) is 11.4 Å². The van der Waals surface area contributed by atoms with Crippen LogP contribution < -0.4 is 11.1 Å². The Hall–Kier alpha value is -1.16. The lowest BCUT2D eigenvalue weighted by molar-refractivity contribution is 0.216. The molecule has 4 heteroatoms. The van der Waals surface area contributed by atoms with Crippen LogP contribution >= 0.6 is 12.2 Å². The summed E-state index contributed by atoms with van der Waals surface area (Å²) in [7, 11) is 0. The van der Waals surface area contributed by atoms with Crippen LogP contribution in [0.1, 0.15) is 45.1 Å².